The first-order chi connectivity index (χ1) is 10.7. The van der Waals surface area contributed by atoms with Gasteiger partial charge in [-0.2, -0.15) is 0 Å². The minimum absolute atomic E-state index is 0.345. The average Bonchev–Trinajstić information content (AvgIpc) is 2.44. The summed E-state index contributed by atoms with van der Waals surface area (Å²) in [4.78, 5) is 10.3. The van der Waals surface area contributed by atoms with Crippen molar-refractivity contribution in [3.05, 3.63) is 58.4 Å². The number of ether oxygens (including phenoxy) is 1. The molecule has 0 radical (unpaired) electrons. The van der Waals surface area contributed by atoms with Gasteiger partial charge in [0.15, 0.2) is 6.61 Å². The Morgan fingerprint density at radius 1 is 1.04 bits per heavy atom. The first-order valence-electron chi connectivity index (χ1n) is 7.09. The molecule has 0 aliphatic heterocycles. The molecule has 4 nitrogen and oxygen atoms in total. The van der Waals surface area contributed by atoms with Gasteiger partial charge in [-0.25, -0.2) is 9.18 Å². The van der Waals surface area contributed by atoms with Crippen LogP contribution in [0.2, 0.25) is 0 Å². The van der Waals surface area contributed by atoms with Gasteiger partial charge < -0.3 is 14.9 Å². The van der Waals surface area contributed by atoms with Gasteiger partial charge in [-0.3, -0.25) is 0 Å². The SMILES string of the molecule is Cc1cc(F)cc(C)c1OCC(=O)O.Cc1cccc(C)c1O. The van der Waals surface area contributed by atoms with Crippen LogP contribution in [0.15, 0.2) is 30.3 Å². The van der Waals surface area contributed by atoms with Gasteiger partial charge >= 0.3 is 5.97 Å². The van der Waals surface area contributed by atoms with Crippen LogP contribution >= 0.6 is 0 Å². The summed E-state index contributed by atoms with van der Waals surface area (Å²) >= 11 is 0. The number of phenols is 1. The summed E-state index contributed by atoms with van der Waals surface area (Å²) in [7, 11) is 0. The highest BCUT2D eigenvalue weighted by Gasteiger charge is 2.07. The third-order valence-corrected chi connectivity index (χ3v) is 3.20. The van der Waals surface area contributed by atoms with Gasteiger partial charge in [-0.15, -0.1) is 0 Å². The molecule has 23 heavy (non-hydrogen) atoms. The lowest BCUT2D eigenvalue weighted by atomic mass is 10.1. The number of aromatic hydroxyl groups is 1. The fourth-order valence-corrected chi connectivity index (χ4v) is 2.06. The van der Waals surface area contributed by atoms with Crippen molar-refractivity contribution in [1.82, 2.24) is 0 Å². The van der Waals surface area contributed by atoms with E-state index in [9.17, 15) is 14.3 Å². The molecule has 0 amide bonds. The molecule has 0 atom stereocenters. The number of phenolic OH excluding ortho intramolecular Hbond substituents is 1. The zero-order valence-corrected chi connectivity index (χ0v) is 13.7. The summed E-state index contributed by atoms with van der Waals surface area (Å²) in [5.41, 5.74) is 3.08. The van der Waals surface area contributed by atoms with Crippen LogP contribution in [-0.2, 0) is 4.79 Å². The molecule has 0 heterocycles. The van der Waals surface area contributed by atoms with Crippen LogP contribution in [-0.4, -0.2) is 22.8 Å². The topological polar surface area (TPSA) is 66.8 Å². The van der Waals surface area contributed by atoms with E-state index in [1.54, 1.807) is 13.8 Å². The second-order valence-electron chi connectivity index (χ2n) is 5.29. The molecule has 0 aromatic heterocycles. The third kappa shape index (κ3) is 5.62. The van der Waals surface area contributed by atoms with Gasteiger partial charge in [0.2, 0.25) is 0 Å². The van der Waals surface area contributed by atoms with E-state index in [0.717, 1.165) is 11.1 Å². The monoisotopic (exact) mass is 320 g/mol. The van der Waals surface area contributed by atoms with Gasteiger partial charge in [-0.1, -0.05) is 18.2 Å². The third-order valence-electron chi connectivity index (χ3n) is 3.20. The summed E-state index contributed by atoms with van der Waals surface area (Å²) in [5, 5.41) is 17.6. The molecule has 0 fully saturated rings. The second-order valence-corrected chi connectivity index (χ2v) is 5.29. The Morgan fingerprint density at radius 2 is 1.52 bits per heavy atom. The standard InChI is InChI=1S/C10H11FO3.C8H10O/c1-6-3-8(11)4-7(2)10(6)14-5-9(12)13;1-6-4-3-5-7(2)8(6)9/h3-4H,5H2,1-2H3,(H,12,13);3-5,9H,1-2H3. The number of benzene rings is 2. The maximum atomic E-state index is 12.8. The Balaban J connectivity index is 0.000000253. The summed E-state index contributed by atoms with van der Waals surface area (Å²) in [5.74, 6) is -0.540. The zero-order valence-electron chi connectivity index (χ0n) is 13.7. The number of rotatable bonds is 3. The molecule has 0 aliphatic carbocycles. The number of para-hydroxylation sites is 1. The van der Waals surface area contributed by atoms with Gasteiger partial charge in [0.1, 0.15) is 17.3 Å². The summed E-state index contributed by atoms with van der Waals surface area (Å²) in [6.45, 7) is 6.72. The molecule has 2 N–H and O–H groups in total. The van der Waals surface area contributed by atoms with Gasteiger partial charge in [0.05, 0.1) is 0 Å². The van der Waals surface area contributed by atoms with Crippen LogP contribution < -0.4 is 4.74 Å². The Morgan fingerprint density at radius 3 is 1.91 bits per heavy atom. The Hall–Kier alpha value is -2.56. The maximum absolute atomic E-state index is 12.8. The molecule has 0 saturated carbocycles. The molecule has 2 rings (SSSR count). The predicted octanol–water partition coefficient (Wildman–Crippen LogP) is 3.91. The molecule has 124 valence electrons. The van der Waals surface area contributed by atoms with E-state index in [-0.39, 0.29) is 5.82 Å². The molecule has 0 unspecified atom stereocenters. The number of halogens is 1. The van der Waals surface area contributed by atoms with E-state index in [1.165, 1.54) is 12.1 Å². The van der Waals surface area contributed by atoms with Gasteiger partial charge in [0, 0.05) is 0 Å². The number of hydrogen-bond donors (Lipinski definition) is 2. The predicted molar refractivity (Wildman–Crippen MR) is 86.6 cm³/mol. The molecule has 2 aromatic rings. The van der Waals surface area contributed by atoms with E-state index >= 15 is 0 Å². The molecule has 0 bridgehead atoms. The van der Waals surface area contributed by atoms with Crippen molar-refractivity contribution in [1.29, 1.82) is 0 Å². The lowest BCUT2D eigenvalue weighted by molar-refractivity contribution is -0.139. The maximum Gasteiger partial charge on any atom is 0.341 e. The van der Waals surface area contributed by atoms with Crippen LogP contribution in [0.4, 0.5) is 4.39 Å². The van der Waals surface area contributed by atoms with Gasteiger partial charge in [-0.05, 0) is 62.1 Å². The van der Waals surface area contributed by atoms with E-state index in [4.69, 9.17) is 9.84 Å². The number of aryl methyl sites for hydroxylation is 4. The lowest BCUT2D eigenvalue weighted by Gasteiger charge is -2.10. The fourth-order valence-electron chi connectivity index (χ4n) is 2.06. The summed E-state index contributed by atoms with van der Waals surface area (Å²) < 4.78 is 17.9. The van der Waals surface area contributed by atoms with E-state index in [1.807, 2.05) is 32.0 Å². The molecule has 0 aliphatic rings. The van der Waals surface area contributed by atoms with Crippen LogP contribution in [0.1, 0.15) is 22.3 Å². The van der Waals surface area contributed by atoms with Crippen molar-refractivity contribution in [2.45, 2.75) is 27.7 Å². The van der Waals surface area contributed by atoms with Crippen molar-refractivity contribution in [2.75, 3.05) is 6.61 Å². The van der Waals surface area contributed by atoms with Crippen molar-refractivity contribution in [3.8, 4) is 11.5 Å². The number of hydrogen-bond acceptors (Lipinski definition) is 3. The van der Waals surface area contributed by atoms with Crippen LogP contribution in [0.3, 0.4) is 0 Å². The highest BCUT2D eigenvalue weighted by atomic mass is 19.1. The van der Waals surface area contributed by atoms with E-state index in [2.05, 4.69) is 0 Å². The molecular weight excluding hydrogens is 299 g/mol. The minimum atomic E-state index is -1.05. The Labute approximate surface area is 135 Å². The lowest BCUT2D eigenvalue weighted by Crippen LogP contribution is -2.11. The van der Waals surface area contributed by atoms with E-state index in [0.29, 0.717) is 22.6 Å². The Bertz CT molecular complexity index is 652. The largest absolute Gasteiger partial charge is 0.507 e. The summed E-state index contributed by atoms with van der Waals surface area (Å²) in [6.07, 6.45) is 0. The van der Waals surface area contributed by atoms with Crippen LogP contribution in [0.25, 0.3) is 0 Å². The average molecular weight is 320 g/mol. The molecule has 0 saturated heterocycles. The van der Waals surface area contributed by atoms with Crippen molar-refractivity contribution in [3.63, 3.8) is 0 Å². The van der Waals surface area contributed by atoms with Crippen molar-refractivity contribution in [2.24, 2.45) is 0 Å². The molecule has 0 spiro atoms. The number of carboxylic acids is 1. The smallest absolute Gasteiger partial charge is 0.341 e. The Kier molecular flexibility index (Phi) is 6.57. The minimum Gasteiger partial charge on any atom is -0.507 e. The quantitative estimate of drug-likeness (QED) is 0.899. The van der Waals surface area contributed by atoms with Crippen LogP contribution in [0.5, 0.6) is 11.5 Å². The first-order valence-corrected chi connectivity index (χ1v) is 7.09. The van der Waals surface area contributed by atoms with Crippen molar-refractivity contribution < 1.29 is 24.1 Å². The van der Waals surface area contributed by atoms with Crippen LogP contribution in [0, 0.1) is 33.5 Å². The fraction of sp³-hybridized carbons (Fsp3) is 0.278. The molecule has 2 aromatic carbocycles. The first kappa shape index (κ1) is 18.5. The number of carbonyl (C=O) groups is 1. The normalized spacial score (nSPS) is 9.78. The highest BCUT2D eigenvalue weighted by Crippen LogP contribution is 2.24. The second kappa shape index (κ2) is 8.17. The molecular formula is C18H21FO4. The number of carboxylic acid groups (broad SMARTS) is 1. The van der Waals surface area contributed by atoms with E-state index < -0.39 is 12.6 Å². The number of aliphatic carboxylic acids is 1. The molecule has 5 heteroatoms. The van der Waals surface area contributed by atoms with Gasteiger partial charge in [0.25, 0.3) is 0 Å². The summed E-state index contributed by atoms with van der Waals surface area (Å²) in [6, 6.07) is 8.34. The van der Waals surface area contributed by atoms with Crippen molar-refractivity contribution >= 4 is 5.97 Å². The zero-order chi connectivity index (χ0) is 17.6. The highest BCUT2D eigenvalue weighted by molar-refractivity contribution is 5.68.